The molecule has 7 aromatic carbocycles. The lowest BCUT2D eigenvalue weighted by atomic mass is 10.1. The van der Waals surface area contributed by atoms with Gasteiger partial charge in [0, 0.05) is 53.7 Å². The van der Waals surface area contributed by atoms with Crippen LogP contribution in [0.15, 0.2) is 158 Å². The number of nitrogens with zero attached hydrogens (tertiary/aromatic N) is 2. The second-order valence-corrected chi connectivity index (χ2v) is 12.1. The lowest BCUT2D eigenvalue weighted by Gasteiger charge is -2.26. The Labute approximate surface area is 253 Å². The van der Waals surface area contributed by atoms with Gasteiger partial charge in [0.1, 0.15) is 0 Å². The zero-order chi connectivity index (χ0) is 28.3. The van der Waals surface area contributed by atoms with Gasteiger partial charge in [-0.25, -0.2) is 0 Å². The lowest BCUT2D eigenvalue weighted by Crippen LogP contribution is -2.09. The molecule has 2 nitrogen and oxygen atoms in total. The molecule has 0 saturated carbocycles. The lowest BCUT2D eigenvalue weighted by molar-refractivity contribution is 1.18. The third-order valence-corrected chi connectivity index (χ3v) is 9.77. The van der Waals surface area contributed by atoms with Gasteiger partial charge in [-0.2, -0.15) is 0 Å². The SMILES string of the molecule is c1ccc(N(c2ccc3sc4c5ccccc5ccc4c3c2)c2ccc3c(c2)c2ccccc2n3-c2ccccc2)cc1. The molecule has 0 amide bonds. The fourth-order valence-corrected chi connectivity index (χ4v) is 7.83. The summed E-state index contributed by atoms with van der Waals surface area (Å²) < 4.78 is 5.03. The molecule has 2 aromatic heterocycles. The van der Waals surface area contributed by atoms with E-state index >= 15 is 0 Å². The molecule has 3 heteroatoms. The Hall–Kier alpha value is -5.38. The van der Waals surface area contributed by atoms with Gasteiger partial charge >= 0.3 is 0 Å². The standard InChI is InChI=1S/C40H26N2S/c1-3-12-28(13-4-1)41(31-21-24-39-36(26-31)34-22-19-27-11-7-8-16-32(27)40(34)43-39)30-20-23-38-35(25-30)33-17-9-10-18-37(33)42(38)29-14-5-2-6-15-29/h1-26H. The van der Waals surface area contributed by atoms with Crippen LogP contribution in [0.4, 0.5) is 17.1 Å². The first-order chi connectivity index (χ1) is 21.3. The smallest absolute Gasteiger partial charge is 0.0542 e. The minimum absolute atomic E-state index is 1.14. The maximum atomic E-state index is 2.39. The van der Waals surface area contributed by atoms with Gasteiger partial charge in [0.05, 0.1) is 11.0 Å². The minimum atomic E-state index is 1.14. The Bertz CT molecular complexity index is 2450. The van der Waals surface area contributed by atoms with Crippen LogP contribution in [-0.4, -0.2) is 4.57 Å². The van der Waals surface area contributed by atoms with E-state index in [2.05, 4.69) is 167 Å². The van der Waals surface area contributed by atoms with Crippen molar-refractivity contribution in [3.63, 3.8) is 0 Å². The maximum Gasteiger partial charge on any atom is 0.0542 e. The predicted molar refractivity (Wildman–Crippen MR) is 186 cm³/mol. The highest BCUT2D eigenvalue weighted by Crippen LogP contribution is 2.44. The molecule has 0 atom stereocenters. The molecule has 0 unspecified atom stereocenters. The van der Waals surface area contributed by atoms with Gasteiger partial charge < -0.3 is 9.47 Å². The van der Waals surface area contributed by atoms with Crippen LogP contribution in [0.1, 0.15) is 0 Å². The normalized spacial score (nSPS) is 11.7. The van der Waals surface area contributed by atoms with Crippen molar-refractivity contribution in [1.82, 2.24) is 4.57 Å². The van der Waals surface area contributed by atoms with Crippen LogP contribution in [0, 0.1) is 0 Å². The fraction of sp³-hybridized carbons (Fsp3) is 0. The van der Waals surface area contributed by atoms with E-state index < -0.39 is 0 Å². The first-order valence-corrected chi connectivity index (χ1v) is 15.4. The van der Waals surface area contributed by atoms with Gasteiger partial charge in [-0.3, -0.25) is 0 Å². The molecule has 0 aliphatic carbocycles. The molecule has 9 rings (SSSR count). The molecular weight excluding hydrogens is 541 g/mol. The summed E-state index contributed by atoms with van der Waals surface area (Å²) in [5.41, 5.74) is 7.01. The number of thiophene rings is 1. The Morgan fingerprint density at radius 3 is 1.91 bits per heavy atom. The van der Waals surface area contributed by atoms with Crippen molar-refractivity contribution < 1.29 is 0 Å². The first-order valence-electron chi connectivity index (χ1n) is 14.6. The summed E-state index contributed by atoms with van der Waals surface area (Å²) in [6, 6.07) is 57.1. The van der Waals surface area contributed by atoms with Crippen molar-refractivity contribution >= 4 is 81.1 Å². The molecule has 0 aliphatic heterocycles. The monoisotopic (exact) mass is 566 g/mol. The zero-order valence-electron chi connectivity index (χ0n) is 23.3. The van der Waals surface area contributed by atoms with Gasteiger partial charge in [-0.1, -0.05) is 91.0 Å². The van der Waals surface area contributed by atoms with Gasteiger partial charge in [0.2, 0.25) is 0 Å². The van der Waals surface area contributed by atoms with Crippen molar-refractivity contribution in [2.24, 2.45) is 0 Å². The highest BCUT2D eigenvalue weighted by atomic mass is 32.1. The molecule has 9 aromatic rings. The highest BCUT2D eigenvalue weighted by Gasteiger charge is 2.18. The van der Waals surface area contributed by atoms with Gasteiger partial charge in [-0.05, 0) is 77.5 Å². The third kappa shape index (κ3) is 3.79. The fourth-order valence-electron chi connectivity index (χ4n) is 6.61. The molecule has 0 spiro atoms. The Morgan fingerprint density at radius 2 is 1.07 bits per heavy atom. The van der Waals surface area contributed by atoms with E-state index in [4.69, 9.17) is 0 Å². The number of benzene rings is 7. The molecular formula is C40H26N2S. The van der Waals surface area contributed by atoms with Crippen LogP contribution in [-0.2, 0) is 0 Å². The van der Waals surface area contributed by atoms with Crippen molar-refractivity contribution in [2.75, 3.05) is 4.90 Å². The summed E-state index contributed by atoms with van der Waals surface area (Å²) in [6.45, 7) is 0. The number of anilines is 3. The molecule has 43 heavy (non-hydrogen) atoms. The Kier molecular flexibility index (Phi) is 5.40. The summed E-state index contributed by atoms with van der Waals surface area (Å²) in [4.78, 5) is 2.39. The summed E-state index contributed by atoms with van der Waals surface area (Å²) in [7, 11) is 0. The summed E-state index contributed by atoms with van der Waals surface area (Å²) in [6.07, 6.45) is 0. The van der Waals surface area contributed by atoms with Crippen LogP contribution in [0.25, 0.3) is 58.4 Å². The number of hydrogen-bond acceptors (Lipinski definition) is 2. The predicted octanol–water partition coefficient (Wildman–Crippen LogP) is 11.8. The largest absolute Gasteiger partial charge is 0.310 e. The van der Waals surface area contributed by atoms with E-state index in [0.717, 1.165) is 17.1 Å². The molecule has 0 saturated heterocycles. The van der Waals surface area contributed by atoms with E-state index in [1.54, 1.807) is 0 Å². The number of rotatable bonds is 4. The molecule has 0 N–H and O–H groups in total. The highest BCUT2D eigenvalue weighted by molar-refractivity contribution is 7.26. The summed E-state index contributed by atoms with van der Waals surface area (Å²) in [5, 5.41) is 7.72. The number of para-hydroxylation sites is 3. The van der Waals surface area contributed by atoms with Gasteiger partial charge in [0.25, 0.3) is 0 Å². The quantitative estimate of drug-likeness (QED) is 0.206. The second kappa shape index (κ2) is 9.59. The topological polar surface area (TPSA) is 8.17 Å². The number of aromatic nitrogens is 1. The summed E-state index contributed by atoms with van der Waals surface area (Å²) in [5.74, 6) is 0. The molecule has 0 bridgehead atoms. The van der Waals surface area contributed by atoms with Gasteiger partial charge in [-0.15, -0.1) is 11.3 Å². The van der Waals surface area contributed by atoms with Crippen molar-refractivity contribution in [1.29, 1.82) is 0 Å². The first kappa shape index (κ1) is 24.2. The third-order valence-electron chi connectivity index (χ3n) is 8.55. The average molecular weight is 567 g/mol. The van der Waals surface area contributed by atoms with Crippen LogP contribution < -0.4 is 4.90 Å². The Balaban J connectivity index is 1.28. The van der Waals surface area contributed by atoms with Crippen LogP contribution in [0.5, 0.6) is 0 Å². The van der Waals surface area contributed by atoms with E-state index in [1.165, 1.54) is 58.4 Å². The second-order valence-electron chi connectivity index (χ2n) is 11.0. The average Bonchev–Trinajstić information content (AvgIpc) is 3.61. The summed E-state index contributed by atoms with van der Waals surface area (Å²) >= 11 is 1.89. The molecule has 0 aliphatic rings. The van der Waals surface area contributed by atoms with Crippen molar-refractivity contribution in [3.8, 4) is 5.69 Å². The van der Waals surface area contributed by atoms with E-state index in [0.29, 0.717) is 0 Å². The van der Waals surface area contributed by atoms with Crippen LogP contribution >= 0.6 is 11.3 Å². The molecule has 0 radical (unpaired) electrons. The van der Waals surface area contributed by atoms with Crippen molar-refractivity contribution in [3.05, 3.63) is 158 Å². The molecule has 202 valence electrons. The molecule has 2 heterocycles. The maximum absolute atomic E-state index is 2.39. The van der Waals surface area contributed by atoms with Crippen LogP contribution in [0.2, 0.25) is 0 Å². The van der Waals surface area contributed by atoms with Crippen LogP contribution in [0.3, 0.4) is 0 Å². The van der Waals surface area contributed by atoms with E-state index in [9.17, 15) is 0 Å². The minimum Gasteiger partial charge on any atom is -0.310 e. The molecule has 0 fully saturated rings. The Morgan fingerprint density at radius 1 is 0.419 bits per heavy atom. The van der Waals surface area contributed by atoms with E-state index in [-0.39, 0.29) is 0 Å². The number of hydrogen-bond donors (Lipinski definition) is 0. The number of fused-ring (bicyclic) bond motifs is 8. The van der Waals surface area contributed by atoms with Crippen molar-refractivity contribution in [2.45, 2.75) is 0 Å². The zero-order valence-corrected chi connectivity index (χ0v) is 24.1. The van der Waals surface area contributed by atoms with E-state index in [1.807, 2.05) is 11.3 Å². The van der Waals surface area contributed by atoms with Gasteiger partial charge in [0.15, 0.2) is 0 Å².